The van der Waals surface area contributed by atoms with E-state index in [-0.39, 0.29) is 18.3 Å². The lowest BCUT2D eigenvalue weighted by atomic mass is 10.2. The van der Waals surface area contributed by atoms with Crippen molar-refractivity contribution < 1.29 is 13.9 Å². The van der Waals surface area contributed by atoms with Gasteiger partial charge in [-0.1, -0.05) is 12.8 Å². The Morgan fingerprint density at radius 2 is 2.00 bits per heavy atom. The van der Waals surface area contributed by atoms with Gasteiger partial charge in [-0.15, -0.1) is 0 Å². The molecular formula is C16H23FN2O2. The minimum Gasteiger partial charge on any atom is -0.481 e. The van der Waals surface area contributed by atoms with E-state index in [1.54, 1.807) is 6.92 Å². The molecule has 1 aliphatic heterocycles. The normalized spacial score (nSPS) is 17.2. The van der Waals surface area contributed by atoms with E-state index in [2.05, 4.69) is 0 Å². The van der Waals surface area contributed by atoms with Crippen LogP contribution in [-0.4, -0.2) is 30.0 Å². The number of nitrogens with zero attached hydrogens (tertiary/aromatic N) is 1. The smallest absolute Gasteiger partial charge is 0.263 e. The highest BCUT2D eigenvalue weighted by Crippen LogP contribution is 2.21. The maximum absolute atomic E-state index is 13.2. The average Bonchev–Trinajstić information content (AvgIpc) is 2.77. The van der Waals surface area contributed by atoms with Gasteiger partial charge in [-0.3, -0.25) is 4.79 Å². The lowest BCUT2D eigenvalue weighted by Gasteiger charge is -2.25. The highest BCUT2D eigenvalue weighted by atomic mass is 19.1. The summed E-state index contributed by atoms with van der Waals surface area (Å²) < 4.78 is 18.9. The van der Waals surface area contributed by atoms with E-state index >= 15 is 0 Å². The van der Waals surface area contributed by atoms with Crippen LogP contribution in [0.3, 0.4) is 0 Å². The molecule has 2 rings (SSSR count). The molecule has 1 saturated heterocycles. The number of rotatable bonds is 4. The maximum atomic E-state index is 13.2. The molecule has 2 N–H and O–H groups in total. The summed E-state index contributed by atoms with van der Waals surface area (Å²) >= 11 is 0. The van der Waals surface area contributed by atoms with Crippen molar-refractivity contribution in [1.82, 2.24) is 4.90 Å². The molecule has 1 unspecified atom stereocenters. The van der Waals surface area contributed by atoms with Crippen LogP contribution in [0.4, 0.5) is 4.39 Å². The molecule has 1 fully saturated rings. The van der Waals surface area contributed by atoms with Gasteiger partial charge in [0.2, 0.25) is 0 Å². The number of carbonyl (C=O) groups excluding carboxylic acids is 1. The molecule has 116 valence electrons. The number of hydrogen-bond acceptors (Lipinski definition) is 3. The lowest BCUT2D eigenvalue weighted by molar-refractivity contribution is -0.137. The van der Waals surface area contributed by atoms with Crippen molar-refractivity contribution in [3.63, 3.8) is 0 Å². The molecule has 0 aliphatic carbocycles. The van der Waals surface area contributed by atoms with E-state index in [0.29, 0.717) is 11.3 Å². The second-order valence-electron chi connectivity index (χ2n) is 5.46. The van der Waals surface area contributed by atoms with Gasteiger partial charge in [-0.05, 0) is 38.0 Å². The summed E-state index contributed by atoms with van der Waals surface area (Å²) in [6.07, 6.45) is 3.85. The Morgan fingerprint density at radius 1 is 1.33 bits per heavy atom. The van der Waals surface area contributed by atoms with Crippen LogP contribution in [0.1, 0.15) is 38.2 Å². The number of amides is 1. The fourth-order valence-electron chi connectivity index (χ4n) is 2.61. The van der Waals surface area contributed by atoms with Crippen molar-refractivity contribution in [3.8, 4) is 5.75 Å². The summed E-state index contributed by atoms with van der Waals surface area (Å²) in [5.74, 6) is 0.119. The monoisotopic (exact) mass is 294 g/mol. The molecule has 1 aromatic rings. The molecule has 1 amide bonds. The molecule has 5 heteroatoms. The van der Waals surface area contributed by atoms with Gasteiger partial charge in [0.25, 0.3) is 5.91 Å². The second-order valence-corrected chi connectivity index (χ2v) is 5.46. The summed E-state index contributed by atoms with van der Waals surface area (Å²) in [7, 11) is 0. The molecular weight excluding hydrogens is 271 g/mol. The first-order valence-electron chi connectivity index (χ1n) is 7.55. The summed E-state index contributed by atoms with van der Waals surface area (Å²) in [6, 6.07) is 4.19. The average molecular weight is 294 g/mol. The van der Waals surface area contributed by atoms with Crippen LogP contribution < -0.4 is 10.5 Å². The number of nitrogens with two attached hydrogens (primary N) is 1. The van der Waals surface area contributed by atoms with Crippen molar-refractivity contribution in [2.24, 2.45) is 5.73 Å². The largest absolute Gasteiger partial charge is 0.481 e. The number of hydrogen-bond donors (Lipinski definition) is 1. The van der Waals surface area contributed by atoms with E-state index in [9.17, 15) is 9.18 Å². The summed E-state index contributed by atoms with van der Waals surface area (Å²) in [5, 5.41) is 0. The lowest BCUT2D eigenvalue weighted by Crippen LogP contribution is -2.41. The predicted molar refractivity (Wildman–Crippen MR) is 79.4 cm³/mol. The zero-order valence-electron chi connectivity index (χ0n) is 12.5. The molecule has 1 atom stereocenters. The molecule has 0 spiro atoms. The van der Waals surface area contributed by atoms with E-state index in [1.807, 2.05) is 4.90 Å². The third kappa shape index (κ3) is 4.17. The zero-order chi connectivity index (χ0) is 15.2. The molecule has 4 nitrogen and oxygen atoms in total. The van der Waals surface area contributed by atoms with Crippen molar-refractivity contribution >= 4 is 5.91 Å². The quantitative estimate of drug-likeness (QED) is 0.928. The van der Waals surface area contributed by atoms with E-state index in [4.69, 9.17) is 10.5 Å². The van der Waals surface area contributed by atoms with Crippen LogP contribution in [0, 0.1) is 5.82 Å². The molecule has 1 aromatic carbocycles. The SMILES string of the molecule is CC(Oc1ccc(F)cc1CN)C(=O)N1CCCCCC1. The highest BCUT2D eigenvalue weighted by molar-refractivity contribution is 5.81. The first kappa shape index (κ1) is 15.8. The van der Waals surface area contributed by atoms with Gasteiger partial charge < -0.3 is 15.4 Å². The van der Waals surface area contributed by atoms with Crippen molar-refractivity contribution in [1.29, 1.82) is 0 Å². The van der Waals surface area contributed by atoms with Crippen LogP contribution in [0.2, 0.25) is 0 Å². The molecule has 1 aliphatic rings. The van der Waals surface area contributed by atoms with Crippen molar-refractivity contribution in [3.05, 3.63) is 29.6 Å². The fourth-order valence-corrected chi connectivity index (χ4v) is 2.61. The van der Waals surface area contributed by atoms with Gasteiger partial charge in [0.15, 0.2) is 6.10 Å². The molecule has 21 heavy (non-hydrogen) atoms. The molecule has 0 aromatic heterocycles. The Morgan fingerprint density at radius 3 is 2.62 bits per heavy atom. The van der Waals surface area contributed by atoms with Gasteiger partial charge >= 0.3 is 0 Å². The third-order valence-electron chi connectivity index (χ3n) is 3.81. The van der Waals surface area contributed by atoms with Gasteiger partial charge in [0.1, 0.15) is 11.6 Å². The van der Waals surface area contributed by atoms with Gasteiger partial charge in [-0.2, -0.15) is 0 Å². The van der Waals surface area contributed by atoms with Crippen LogP contribution in [0.5, 0.6) is 5.75 Å². The molecule has 0 radical (unpaired) electrons. The van der Waals surface area contributed by atoms with Crippen LogP contribution in [0.15, 0.2) is 18.2 Å². The van der Waals surface area contributed by atoms with Gasteiger partial charge in [0, 0.05) is 25.2 Å². The number of ether oxygens (including phenoxy) is 1. The minimum atomic E-state index is -0.584. The molecule has 1 heterocycles. The number of halogens is 1. The first-order chi connectivity index (χ1) is 10.1. The first-order valence-corrected chi connectivity index (χ1v) is 7.55. The van der Waals surface area contributed by atoms with Gasteiger partial charge in [0.05, 0.1) is 0 Å². The standard InChI is InChI=1S/C16H23FN2O2/c1-12(16(20)19-8-4-2-3-5-9-19)21-15-7-6-14(17)10-13(15)11-18/h6-7,10,12H,2-5,8-9,11,18H2,1H3. The van der Waals surface area contributed by atoms with Crippen LogP contribution >= 0.6 is 0 Å². The second kappa shape index (κ2) is 7.41. The molecule has 0 bridgehead atoms. The number of benzene rings is 1. The van der Waals surface area contributed by atoms with Crippen LogP contribution in [-0.2, 0) is 11.3 Å². The zero-order valence-corrected chi connectivity index (χ0v) is 12.5. The van der Waals surface area contributed by atoms with Crippen molar-refractivity contribution in [2.45, 2.75) is 45.3 Å². The van der Waals surface area contributed by atoms with Crippen molar-refractivity contribution in [2.75, 3.05) is 13.1 Å². The minimum absolute atomic E-state index is 0.0100. The fraction of sp³-hybridized carbons (Fsp3) is 0.562. The Hall–Kier alpha value is -1.62. The predicted octanol–water partition coefficient (Wildman–Crippen LogP) is 2.45. The van der Waals surface area contributed by atoms with Gasteiger partial charge in [-0.25, -0.2) is 4.39 Å². The Kier molecular flexibility index (Phi) is 5.56. The van der Waals surface area contributed by atoms with E-state index in [0.717, 1.165) is 25.9 Å². The Balaban J connectivity index is 2.03. The molecule has 0 saturated carbocycles. The number of carbonyl (C=O) groups is 1. The third-order valence-corrected chi connectivity index (χ3v) is 3.81. The summed E-state index contributed by atoms with van der Waals surface area (Å²) in [5.41, 5.74) is 6.17. The maximum Gasteiger partial charge on any atom is 0.263 e. The van der Waals surface area contributed by atoms with E-state index < -0.39 is 6.10 Å². The summed E-state index contributed by atoms with van der Waals surface area (Å²) in [4.78, 5) is 14.3. The Labute approximate surface area is 125 Å². The number of likely N-dealkylation sites (tertiary alicyclic amines) is 1. The van der Waals surface area contributed by atoms with E-state index in [1.165, 1.54) is 31.0 Å². The Bertz CT molecular complexity index is 485. The topological polar surface area (TPSA) is 55.6 Å². The highest BCUT2D eigenvalue weighted by Gasteiger charge is 2.23. The van der Waals surface area contributed by atoms with Crippen LogP contribution in [0.25, 0.3) is 0 Å². The summed E-state index contributed by atoms with van der Waals surface area (Å²) in [6.45, 7) is 3.49.